The topological polar surface area (TPSA) is 98.5 Å². The van der Waals surface area contributed by atoms with Crippen LogP contribution in [0.25, 0.3) is 0 Å². The van der Waals surface area contributed by atoms with Crippen molar-refractivity contribution in [3.63, 3.8) is 0 Å². The normalized spacial score (nSPS) is 27.9. The predicted molar refractivity (Wildman–Crippen MR) is 87.3 cm³/mol. The molecule has 130 valence electrons. The Hall–Kier alpha value is -0.370. The van der Waals surface area contributed by atoms with Gasteiger partial charge < -0.3 is 10.5 Å². The molecule has 0 radical (unpaired) electrons. The highest BCUT2D eigenvalue weighted by Gasteiger charge is 2.44. The molecule has 0 aliphatic heterocycles. The quantitative estimate of drug-likeness (QED) is 0.726. The number of carbonyl (C=O) groups is 1. The highest BCUT2D eigenvalue weighted by molar-refractivity contribution is 7.90. The minimum Gasteiger partial charge on any atom is -0.469 e. The number of ether oxygens (including phenoxy) is 1. The predicted octanol–water partition coefficient (Wildman–Crippen LogP) is 1.33. The van der Waals surface area contributed by atoms with Gasteiger partial charge in [0, 0.05) is 12.1 Å². The van der Waals surface area contributed by atoms with Gasteiger partial charge in [0.05, 0.1) is 18.3 Å². The van der Waals surface area contributed by atoms with E-state index in [1.807, 2.05) is 0 Å². The van der Waals surface area contributed by atoms with Gasteiger partial charge in [0.2, 0.25) is 10.0 Å². The Morgan fingerprint density at radius 1 is 1.23 bits per heavy atom. The van der Waals surface area contributed by atoms with Crippen LogP contribution < -0.4 is 10.5 Å². The van der Waals surface area contributed by atoms with E-state index in [-0.39, 0.29) is 12.4 Å². The first kappa shape index (κ1) is 19.7. The number of carbonyl (C=O) groups excluding carboxylic acids is 1. The molecular weight excluding hydrogens is 328 g/mol. The standard InChI is InChI=1S/C14H26N2O4S.ClH/c1-20-13(17)11-6-2-3-7-12(11)21(18,19)16-14(10-15)8-4-5-9-14;/h11-12,16H,2-10,15H2,1H3;1H. The van der Waals surface area contributed by atoms with Gasteiger partial charge in [-0.05, 0) is 25.7 Å². The lowest BCUT2D eigenvalue weighted by molar-refractivity contribution is -0.146. The third-order valence-electron chi connectivity index (χ3n) is 4.92. The maximum absolute atomic E-state index is 12.8. The summed E-state index contributed by atoms with van der Waals surface area (Å²) >= 11 is 0. The molecule has 0 heterocycles. The van der Waals surface area contributed by atoms with Gasteiger partial charge in [-0.1, -0.05) is 25.7 Å². The Bertz CT molecular complexity index is 477. The molecule has 0 aromatic carbocycles. The molecule has 2 fully saturated rings. The van der Waals surface area contributed by atoms with Crippen molar-refractivity contribution in [3.05, 3.63) is 0 Å². The summed E-state index contributed by atoms with van der Waals surface area (Å²) < 4.78 is 33.1. The lowest BCUT2D eigenvalue weighted by Crippen LogP contribution is -2.56. The molecule has 0 aromatic rings. The number of rotatable bonds is 5. The fourth-order valence-electron chi connectivity index (χ4n) is 3.67. The molecule has 8 heteroatoms. The van der Waals surface area contributed by atoms with E-state index in [1.54, 1.807) is 0 Å². The molecule has 3 N–H and O–H groups in total. The van der Waals surface area contributed by atoms with Gasteiger partial charge in [-0.2, -0.15) is 0 Å². The van der Waals surface area contributed by atoms with Crippen molar-refractivity contribution >= 4 is 28.4 Å². The molecule has 22 heavy (non-hydrogen) atoms. The minimum atomic E-state index is -3.57. The van der Waals surface area contributed by atoms with Gasteiger partial charge >= 0.3 is 5.97 Å². The van der Waals surface area contributed by atoms with E-state index in [0.29, 0.717) is 19.4 Å². The summed E-state index contributed by atoms with van der Waals surface area (Å²) in [7, 11) is -2.26. The Kier molecular flexibility index (Phi) is 7.11. The maximum atomic E-state index is 12.8. The van der Waals surface area contributed by atoms with Crippen LogP contribution in [-0.2, 0) is 19.6 Å². The first-order chi connectivity index (χ1) is 9.94. The second kappa shape index (κ2) is 7.95. The van der Waals surface area contributed by atoms with Crippen molar-refractivity contribution in [3.8, 4) is 0 Å². The Labute approximate surface area is 139 Å². The summed E-state index contributed by atoms with van der Waals surface area (Å²) in [6, 6.07) is 0. The van der Waals surface area contributed by atoms with Crippen molar-refractivity contribution < 1.29 is 17.9 Å². The van der Waals surface area contributed by atoms with Gasteiger partial charge in [0.1, 0.15) is 0 Å². The van der Waals surface area contributed by atoms with Crippen LogP contribution in [0.2, 0.25) is 0 Å². The van der Waals surface area contributed by atoms with E-state index < -0.39 is 32.7 Å². The molecule has 2 saturated carbocycles. The van der Waals surface area contributed by atoms with Crippen LogP contribution in [0.1, 0.15) is 51.4 Å². The monoisotopic (exact) mass is 354 g/mol. The van der Waals surface area contributed by atoms with E-state index in [2.05, 4.69) is 4.72 Å². The molecule has 6 nitrogen and oxygen atoms in total. The van der Waals surface area contributed by atoms with E-state index in [9.17, 15) is 13.2 Å². The van der Waals surface area contributed by atoms with Crippen molar-refractivity contribution in [2.24, 2.45) is 11.7 Å². The summed E-state index contributed by atoms with van der Waals surface area (Å²) in [5.41, 5.74) is 5.29. The number of hydrogen-bond acceptors (Lipinski definition) is 5. The number of halogens is 1. The third-order valence-corrected chi connectivity index (χ3v) is 6.99. The highest BCUT2D eigenvalue weighted by atomic mass is 35.5. The average Bonchev–Trinajstić information content (AvgIpc) is 2.95. The van der Waals surface area contributed by atoms with Crippen molar-refractivity contribution in [2.75, 3.05) is 13.7 Å². The molecule has 0 aromatic heterocycles. The summed E-state index contributed by atoms with van der Waals surface area (Å²) in [6.07, 6.45) is 6.32. The van der Waals surface area contributed by atoms with Crippen LogP contribution in [0.15, 0.2) is 0 Å². The summed E-state index contributed by atoms with van der Waals surface area (Å²) in [5.74, 6) is -0.976. The average molecular weight is 355 g/mol. The first-order valence-electron chi connectivity index (χ1n) is 7.75. The van der Waals surface area contributed by atoms with Gasteiger partial charge in [-0.15, -0.1) is 12.4 Å². The molecule has 2 aliphatic rings. The molecule has 2 atom stereocenters. The summed E-state index contributed by atoms with van der Waals surface area (Å²) in [6.45, 7) is 0.307. The molecule has 2 unspecified atom stereocenters. The minimum absolute atomic E-state index is 0. The molecular formula is C14H27ClN2O4S. The fraction of sp³-hybridized carbons (Fsp3) is 0.929. The number of sulfonamides is 1. The SMILES string of the molecule is COC(=O)C1CCCCC1S(=O)(=O)NC1(CN)CCCC1.Cl. The van der Waals surface area contributed by atoms with E-state index in [1.165, 1.54) is 7.11 Å². The van der Waals surface area contributed by atoms with Crippen LogP contribution in [0.4, 0.5) is 0 Å². The van der Waals surface area contributed by atoms with Crippen molar-refractivity contribution in [1.29, 1.82) is 0 Å². The Morgan fingerprint density at radius 2 is 1.82 bits per heavy atom. The molecule has 0 spiro atoms. The van der Waals surface area contributed by atoms with Gasteiger partial charge in [-0.3, -0.25) is 4.79 Å². The number of hydrogen-bond donors (Lipinski definition) is 2. The zero-order chi connectivity index (χ0) is 15.5. The number of esters is 1. The van der Waals surface area contributed by atoms with Gasteiger partial charge in [0.15, 0.2) is 0 Å². The van der Waals surface area contributed by atoms with Crippen LogP contribution in [0.5, 0.6) is 0 Å². The Morgan fingerprint density at radius 3 is 2.36 bits per heavy atom. The second-order valence-electron chi connectivity index (χ2n) is 6.29. The maximum Gasteiger partial charge on any atom is 0.310 e. The first-order valence-corrected chi connectivity index (χ1v) is 9.29. The van der Waals surface area contributed by atoms with E-state index in [4.69, 9.17) is 10.5 Å². The summed E-state index contributed by atoms with van der Waals surface area (Å²) in [4.78, 5) is 11.9. The van der Waals surface area contributed by atoms with Gasteiger partial charge in [0.25, 0.3) is 0 Å². The fourth-order valence-corrected chi connectivity index (χ4v) is 5.87. The molecule has 0 bridgehead atoms. The lowest BCUT2D eigenvalue weighted by Gasteiger charge is -2.34. The largest absolute Gasteiger partial charge is 0.469 e. The lowest BCUT2D eigenvalue weighted by atomic mass is 9.89. The van der Waals surface area contributed by atoms with Crippen molar-refractivity contribution in [1.82, 2.24) is 4.72 Å². The molecule has 2 aliphatic carbocycles. The Balaban J connectivity index is 0.00000242. The number of methoxy groups -OCH3 is 1. The molecule has 0 amide bonds. The highest BCUT2D eigenvalue weighted by Crippen LogP contribution is 2.34. The number of nitrogens with two attached hydrogens (primary N) is 1. The van der Waals surface area contributed by atoms with Crippen molar-refractivity contribution in [2.45, 2.75) is 62.2 Å². The zero-order valence-electron chi connectivity index (χ0n) is 13.0. The second-order valence-corrected chi connectivity index (χ2v) is 8.19. The van der Waals surface area contributed by atoms with Crippen LogP contribution in [-0.4, -0.2) is 38.8 Å². The third kappa shape index (κ3) is 4.13. The van der Waals surface area contributed by atoms with E-state index in [0.717, 1.165) is 38.5 Å². The van der Waals surface area contributed by atoms with Crippen LogP contribution in [0.3, 0.4) is 0 Å². The number of nitrogens with one attached hydrogen (secondary N) is 1. The van der Waals surface area contributed by atoms with E-state index >= 15 is 0 Å². The van der Waals surface area contributed by atoms with Gasteiger partial charge in [-0.25, -0.2) is 13.1 Å². The smallest absolute Gasteiger partial charge is 0.310 e. The zero-order valence-corrected chi connectivity index (χ0v) is 14.7. The molecule has 2 rings (SSSR count). The molecule has 0 saturated heterocycles. The van der Waals surface area contributed by atoms with Crippen LogP contribution >= 0.6 is 12.4 Å². The van der Waals surface area contributed by atoms with Crippen LogP contribution in [0, 0.1) is 5.92 Å². The summed E-state index contributed by atoms with van der Waals surface area (Å²) in [5, 5.41) is -0.692.